The Kier molecular flexibility index (Phi) is 14.5. The Hall–Kier alpha value is -4.53. The summed E-state index contributed by atoms with van der Waals surface area (Å²) in [4.78, 5) is 43.0. The van der Waals surface area contributed by atoms with Crippen LogP contribution in [0.25, 0.3) is 0 Å². The molecule has 0 fully saturated rings. The summed E-state index contributed by atoms with van der Waals surface area (Å²) in [5, 5.41) is 33.1. The van der Waals surface area contributed by atoms with E-state index in [0.29, 0.717) is 50.1 Å². The molecule has 4 aromatic rings. The van der Waals surface area contributed by atoms with E-state index in [9.17, 15) is 29.7 Å². The zero-order valence-electron chi connectivity index (χ0n) is 37.0. The van der Waals surface area contributed by atoms with E-state index in [0.717, 1.165) is 13.7 Å². The summed E-state index contributed by atoms with van der Waals surface area (Å²) in [6, 6.07) is 10.8. The Labute approximate surface area is 329 Å². The molecule has 0 spiro atoms. The molecular formula is C46H69N3O6. The molecule has 0 atom stereocenters. The van der Waals surface area contributed by atoms with Crippen molar-refractivity contribution in [3.05, 3.63) is 118 Å². The van der Waals surface area contributed by atoms with Crippen LogP contribution in [0.4, 0.5) is 0 Å². The molecule has 55 heavy (non-hydrogen) atoms. The van der Waals surface area contributed by atoms with Crippen molar-refractivity contribution in [2.75, 3.05) is 0 Å². The Morgan fingerprint density at radius 1 is 0.400 bits per heavy atom. The second kappa shape index (κ2) is 17.1. The quantitative estimate of drug-likeness (QED) is 0.180. The number of benzene rings is 3. The smallest absolute Gasteiger partial charge is 0.336 e. The van der Waals surface area contributed by atoms with Crippen molar-refractivity contribution in [3.63, 3.8) is 0 Å². The van der Waals surface area contributed by atoms with Gasteiger partial charge in [-0.1, -0.05) is 123 Å². The standard InChI is InChI=1S/C42H57N3O6.2C2H6/c1-24-15-26(16-25(2)33(24)46)21-43-36(49)44(22-27-17-29(39(3,4)5)34(47)30(18-27)40(6,7)8)38(51)45(37(43)50)23-28-19-31(41(9,10)11)35(48)32(20-28)42(12,13)14;2*1-2/h15-20,46-48H,21-23H2,1-14H3;2*1-2H3. The predicted molar refractivity (Wildman–Crippen MR) is 228 cm³/mol. The van der Waals surface area contributed by atoms with Gasteiger partial charge < -0.3 is 15.3 Å². The van der Waals surface area contributed by atoms with Crippen LogP contribution in [0.5, 0.6) is 17.2 Å². The average molecular weight is 760 g/mol. The van der Waals surface area contributed by atoms with Gasteiger partial charge in [-0.15, -0.1) is 0 Å². The Morgan fingerprint density at radius 2 is 0.600 bits per heavy atom. The molecule has 3 aromatic carbocycles. The lowest BCUT2D eigenvalue weighted by atomic mass is 9.78. The van der Waals surface area contributed by atoms with E-state index in [1.807, 2.05) is 135 Å². The van der Waals surface area contributed by atoms with Crippen molar-refractivity contribution in [2.45, 2.75) is 166 Å². The Balaban J connectivity index is 0.00000253. The minimum absolute atomic E-state index is 0.119. The van der Waals surface area contributed by atoms with E-state index < -0.39 is 38.7 Å². The van der Waals surface area contributed by atoms with Crippen molar-refractivity contribution in [2.24, 2.45) is 0 Å². The minimum Gasteiger partial charge on any atom is -0.507 e. The second-order valence-electron chi connectivity index (χ2n) is 18.3. The average Bonchev–Trinajstić information content (AvgIpc) is 3.06. The molecule has 0 aliphatic carbocycles. The molecule has 0 saturated carbocycles. The molecule has 0 radical (unpaired) electrons. The van der Waals surface area contributed by atoms with Crippen LogP contribution in [0.3, 0.4) is 0 Å². The Bertz CT molecular complexity index is 1960. The fourth-order valence-corrected chi connectivity index (χ4v) is 6.63. The van der Waals surface area contributed by atoms with Gasteiger partial charge in [0.15, 0.2) is 0 Å². The minimum atomic E-state index is -0.760. The first-order chi connectivity index (χ1) is 25.1. The third-order valence-electron chi connectivity index (χ3n) is 9.53. The molecule has 0 aliphatic heterocycles. The highest BCUT2D eigenvalue weighted by atomic mass is 16.3. The fraction of sp³-hybridized carbons (Fsp3) is 0.543. The summed E-state index contributed by atoms with van der Waals surface area (Å²) >= 11 is 0. The van der Waals surface area contributed by atoms with Gasteiger partial charge in [0.2, 0.25) is 0 Å². The molecule has 1 aromatic heterocycles. The molecule has 4 rings (SSSR count). The molecule has 0 unspecified atom stereocenters. The number of aromatic hydroxyl groups is 3. The largest absolute Gasteiger partial charge is 0.507 e. The Morgan fingerprint density at radius 3 is 0.800 bits per heavy atom. The highest BCUT2D eigenvalue weighted by molar-refractivity contribution is 5.51. The topological polar surface area (TPSA) is 127 Å². The molecule has 0 bridgehead atoms. The first-order valence-electron chi connectivity index (χ1n) is 19.6. The second-order valence-corrected chi connectivity index (χ2v) is 18.3. The fourth-order valence-electron chi connectivity index (χ4n) is 6.63. The highest BCUT2D eigenvalue weighted by Gasteiger charge is 2.29. The number of phenols is 3. The lowest BCUT2D eigenvalue weighted by Crippen LogP contribution is -2.54. The molecule has 3 N–H and O–H groups in total. The predicted octanol–water partition coefficient (Wildman–Crippen LogP) is 9.29. The van der Waals surface area contributed by atoms with E-state index >= 15 is 0 Å². The van der Waals surface area contributed by atoms with Gasteiger partial charge in [-0.25, -0.2) is 28.1 Å². The van der Waals surface area contributed by atoms with Crippen LogP contribution in [-0.4, -0.2) is 29.0 Å². The number of aryl methyl sites for hydroxylation is 2. The van der Waals surface area contributed by atoms with E-state index in [-0.39, 0.29) is 36.9 Å². The first kappa shape index (κ1) is 46.6. The maximum atomic E-state index is 14.4. The van der Waals surface area contributed by atoms with Gasteiger partial charge in [-0.3, -0.25) is 0 Å². The van der Waals surface area contributed by atoms with Gasteiger partial charge in [0.1, 0.15) is 17.2 Å². The number of nitrogens with zero attached hydrogens (tertiary/aromatic N) is 3. The van der Waals surface area contributed by atoms with Gasteiger partial charge >= 0.3 is 17.1 Å². The van der Waals surface area contributed by atoms with Gasteiger partial charge in [0.25, 0.3) is 0 Å². The van der Waals surface area contributed by atoms with E-state index in [4.69, 9.17) is 0 Å². The molecule has 9 heteroatoms. The summed E-state index contributed by atoms with van der Waals surface area (Å²) in [5.41, 5.74) is 1.85. The van der Waals surface area contributed by atoms with E-state index in [1.165, 1.54) is 0 Å². The van der Waals surface area contributed by atoms with E-state index in [2.05, 4.69) is 0 Å². The number of rotatable bonds is 6. The van der Waals surface area contributed by atoms with Crippen LogP contribution in [-0.2, 0) is 41.3 Å². The lowest BCUT2D eigenvalue weighted by Gasteiger charge is -2.28. The van der Waals surface area contributed by atoms with Crippen LogP contribution in [0.2, 0.25) is 0 Å². The van der Waals surface area contributed by atoms with Crippen molar-refractivity contribution in [1.82, 2.24) is 13.7 Å². The molecule has 0 amide bonds. The van der Waals surface area contributed by atoms with Crippen molar-refractivity contribution in [3.8, 4) is 17.2 Å². The summed E-state index contributed by atoms with van der Waals surface area (Å²) < 4.78 is 3.24. The van der Waals surface area contributed by atoms with Crippen LogP contribution in [0.15, 0.2) is 50.8 Å². The molecular weight excluding hydrogens is 691 g/mol. The first-order valence-corrected chi connectivity index (χ1v) is 19.6. The summed E-state index contributed by atoms with van der Waals surface area (Å²) in [5.74, 6) is 0.508. The third kappa shape index (κ3) is 10.4. The number of phenolic OH excluding ortho intramolecular Hbond substituents is 3. The van der Waals surface area contributed by atoms with Gasteiger partial charge in [-0.05, 0) is 110 Å². The molecule has 0 aliphatic rings. The number of hydrogen-bond donors (Lipinski definition) is 3. The zero-order valence-corrected chi connectivity index (χ0v) is 37.0. The number of hydrogen-bond acceptors (Lipinski definition) is 6. The number of aromatic nitrogens is 3. The molecule has 304 valence electrons. The summed E-state index contributed by atoms with van der Waals surface area (Å²) in [6.07, 6.45) is 0. The molecule has 0 saturated heterocycles. The van der Waals surface area contributed by atoms with Crippen LogP contribution < -0.4 is 17.1 Å². The van der Waals surface area contributed by atoms with Crippen LogP contribution in [0.1, 0.15) is 161 Å². The van der Waals surface area contributed by atoms with Gasteiger partial charge in [-0.2, -0.15) is 0 Å². The van der Waals surface area contributed by atoms with Crippen LogP contribution in [0, 0.1) is 13.8 Å². The highest BCUT2D eigenvalue weighted by Crippen LogP contribution is 2.41. The van der Waals surface area contributed by atoms with Crippen molar-refractivity contribution in [1.29, 1.82) is 0 Å². The van der Waals surface area contributed by atoms with Gasteiger partial charge in [0.05, 0.1) is 19.6 Å². The summed E-state index contributed by atoms with van der Waals surface area (Å²) in [6.45, 7) is 35.1. The maximum absolute atomic E-state index is 14.4. The van der Waals surface area contributed by atoms with Crippen molar-refractivity contribution < 1.29 is 15.3 Å². The normalized spacial score (nSPS) is 12.1. The van der Waals surface area contributed by atoms with Gasteiger partial charge in [0, 0.05) is 0 Å². The summed E-state index contributed by atoms with van der Waals surface area (Å²) in [7, 11) is 0. The maximum Gasteiger partial charge on any atom is 0.336 e. The zero-order chi connectivity index (χ0) is 42.8. The molecule has 9 nitrogen and oxygen atoms in total. The van der Waals surface area contributed by atoms with E-state index in [1.54, 1.807) is 26.0 Å². The monoisotopic (exact) mass is 760 g/mol. The molecule has 1 heterocycles. The lowest BCUT2D eigenvalue weighted by molar-refractivity contribution is 0.421. The SMILES string of the molecule is CC.CC.Cc1cc(Cn2c(=O)n(Cc3cc(C(C)(C)C)c(O)c(C(C)(C)C)c3)c(=O)n(Cc3cc(C(C)(C)C)c(O)c(C(C)(C)C)c3)c2=O)cc(C)c1O. The van der Waals surface area contributed by atoms with Crippen LogP contribution >= 0.6 is 0 Å². The third-order valence-corrected chi connectivity index (χ3v) is 9.53. The van der Waals surface area contributed by atoms with Crippen molar-refractivity contribution >= 4 is 0 Å².